The molecular weight excluding hydrogens is 825 g/mol. The molecule has 4 aromatic rings. The molecule has 19 nitrogen and oxygen atoms in total. The molecule has 7 N–H and O–H groups in total. The van der Waals surface area contributed by atoms with Crippen LogP contribution in [0.1, 0.15) is 93.8 Å². The fourth-order valence-electron chi connectivity index (χ4n) is 8.79. The maximum absolute atomic E-state index is 13.9. The lowest BCUT2D eigenvalue weighted by Crippen LogP contribution is -2.52. The number of benzene rings is 2. The first kappa shape index (κ1) is 46.6. The first-order valence-corrected chi connectivity index (χ1v) is 21.5. The van der Waals surface area contributed by atoms with E-state index in [2.05, 4.69) is 46.9 Å². The smallest absolute Gasteiger partial charge is 0.407 e. The summed E-state index contributed by atoms with van der Waals surface area (Å²) in [4.78, 5) is 79.1. The molecule has 2 aliphatic heterocycles. The number of aromatic nitrogens is 5. The summed E-state index contributed by atoms with van der Waals surface area (Å²) in [5.74, 6) is -0.462. The number of amides is 5. The summed E-state index contributed by atoms with van der Waals surface area (Å²) in [5.41, 5.74) is 4.39. The highest BCUT2D eigenvalue weighted by atomic mass is 16.6. The molecule has 19 heteroatoms. The number of pyridine rings is 1. The molecule has 0 radical (unpaired) electrons. The lowest BCUT2D eigenvalue weighted by molar-refractivity contribution is -0.130. The molecule has 2 aromatic carbocycles. The normalized spacial score (nSPS) is 20.7. The average Bonchev–Trinajstić information content (AvgIpc) is 3.90. The second-order valence-corrected chi connectivity index (χ2v) is 17.6. The Morgan fingerprint density at radius 3 is 2.16 bits per heavy atom. The summed E-state index contributed by atoms with van der Waals surface area (Å²) >= 11 is 0. The van der Waals surface area contributed by atoms with E-state index >= 15 is 0 Å². The Bertz CT molecular complexity index is 2240. The van der Waals surface area contributed by atoms with E-state index in [9.17, 15) is 29.1 Å². The minimum atomic E-state index is -0.895. The van der Waals surface area contributed by atoms with Crippen molar-refractivity contribution in [2.75, 3.05) is 11.9 Å². The molecule has 2 saturated heterocycles. The number of hydrogen-bond acceptors (Lipinski definition) is 11. The minimum Gasteiger partial charge on any atom is -0.483 e. The van der Waals surface area contributed by atoms with Gasteiger partial charge in [-0.1, -0.05) is 24.3 Å². The van der Waals surface area contributed by atoms with Gasteiger partial charge < -0.3 is 41.1 Å². The zero-order valence-corrected chi connectivity index (χ0v) is 36.4. The first-order valence-electron chi connectivity index (χ1n) is 21.5. The van der Waals surface area contributed by atoms with Crippen LogP contribution in [0.5, 0.6) is 0 Å². The van der Waals surface area contributed by atoms with Crippen LogP contribution in [0.4, 0.5) is 15.3 Å². The van der Waals surface area contributed by atoms with Gasteiger partial charge >= 0.3 is 12.2 Å². The van der Waals surface area contributed by atoms with Crippen molar-refractivity contribution in [1.82, 2.24) is 46.5 Å². The minimum absolute atomic E-state index is 0.0723. The highest BCUT2D eigenvalue weighted by Crippen LogP contribution is 2.36. The van der Waals surface area contributed by atoms with Crippen molar-refractivity contribution in [3.63, 3.8) is 0 Å². The lowest BCUT2D eigenvalue weighted by atomic mass is 9.81. The van der Waals surface area contributed by atoms with Gasteiger partial charge in [0.15, 0.2) is 0 Å². The average molecular weight is 881 g/mol. The molecule has 0 spiro atoms. The number of H-pyrrole nitrogens is 1. The zero-order valence-electron chi connectivity index (χ0n) is 36.4. The molecule has 2 bridgehead atoms. The molecule has 1 saturated carbocycles. The number of tetrazole rings is 1. The fraction of sp³-hybridized carbons (Fsp3) is 0.467. The largest absolute Gasteiger partial charge is 0.483 e. The van der Waals surface area contributed by atoms with E-state index in [1.54, 1.807) is 41.4 Å². The first-order chi connectivity index (χ1) is 30.6. The SMILES string of the molecule is Cc1cc(C(=O)NC2C[C@H]3CC[C@@H](C2)N3C(=O)O)ncc1-c1ccc(C[C@H](NC(=O)C2CCC(CNC(=O)OC(C)(C)C)CC2)C(=O)Nc2ccc(-c3nn[nH]n3)cc2)cc1.O=CO. The molecule has 1 aliphatic carbocycles. The van der Waals surface area contributed by atoms with E-state index in [1.807, 2.05) is 52.0 Å². The van der Waals surface area contributed by atoms with Gasteiger partial charge in [0.1, 0.15) is 17.3 Å². The standard InChI is InChI=1S/C44H54N10O7.CH2O2/c1-25-19-36(40(56)48-32-21-33-17-18-34(22-32)54(33)43(59)60)45-24-35(25)28-9-5-26(6-10-28)20-37(41(57)47-31-15-13-29(14-16-31)38-50-52-53-51-38)49-39(55)30-11-7-27(8-12-30)23-46-42(58)61-44(2,3)4;2-1-3/h5-6,9-10,13-16,19,24,27,30,32-34,37H,7-8,11-12,17-18,20-23H2,1-4H3,(H,46,58)(H,47,57)(H,48,56)(H,49,55)(H,59,60)(H,50,51,52,53);1H,(H,2,3)/t27?,30?,32?,33-,34+,37-;/m0./s1. The van der Waals surface area contributed by atoms with Crippen molar-refractivity contribution in [2.24, 2.45) is 11.8 Å². The number of rotatable bonds is 12. The van der Waals surface area contributed by atoms with Crippen LogP contribution >= 0.6 is 0 Å². The Morgan fingerprint density at radius 1 is 0.938 bits per heavy atom. The number of alkyl carbamates (subject to hydrolysis) is 1. The van der Waals surface area contributed by atoms with Crippen molar-refractivity contribution in [2.45, 2.75) is 115 Å². The summed E-state index contributed by atoms with van der Waals surface area (Å²) in [6.45, 7) is 7.60. The van der Waals surface area contributed by atoms with Crippen LogP contribution in [0.15, 0.2) is 60.8 Å². The number of carbonyl (C=O) groups is 6. The van der Waals surface area contributed by atoms with E-state index < -0.39 is 23.8 Å². The third-order valence-corrected chi connectivity index (χ3v) is 11.9. The maximum atomic E-state index is 13.9. The van der Waals surface area contributed by atoms with Gasteiger partial charge in [0, 0.05) is 60.0 Å². The molecule has 64 heavy (non-hydrogen) atoms. The van der Waals surface area contributed by atoms with Gasteiger partial charge in [-0.25, -0.2) is 9.59 Å². The predicted octanol–water partition coefficient (Wildman–Crippen LogP) is 5.34. The fourth-order valence-corrected chi connectivity index (χ4v) is 8.79. The third kappa shape index (κ3) is 12.4. The number of anilines is 1. The Balaban J connectivity index is 0.00000220. The summed E-state index contributed by atoms with van der Waals surface area (Å²) in [7, 11) is 0. The molecule has 4 atom stereocenters. The number of piperidine rings is 1. The van der Waals surface area contributed by atoms with Gasteiger partial charge in [-0.3, -0.25) is 24.2 Å². The summed E-state index contributed by atoms with van der Waals surface area (Å²) < 4.78 is 5.36. The molecule has 1 unspecified atom stereocenters. The van der Waals surface area contributed by atoms with E-state index in [0.717, 1.165) is 53.5 Å². The zero-order chi connectivity index (χ0) is 46.0. The lowest BCUT2D eigenvalue weighted by Gasteiger charge is -2.37. The second kappa shape index (κ2) is 21.0. The van der Waals surface area contributed by atoms with E-state index in [0.29, 0.717) is 49.4 Å². The Morgan fingerprint density at radius 2 is 1.58 bits per heavy atom. The van der Waals surface area contributed by atoms with Gasteiger partial charge in [-0.15, -0.1) is 10.2 Å². The summed E-state index contributed by atoms with van der Waals surface area (Å²) in [6.07, 6.45) is 6.16. The van der Waals surface area contributed by atoms with E-state index in [1.165, 1.54) is 0 Å². The van der Waals surface area contributed by atoms with Crippen molar-refractivity contribution >= 4 is 42.1 Å². The predicted molar refractivity (Wildman–Crippen MR) is 234 cm³/mol. The van der Waals surface area contributed by atoms with E-state index in [4.69, 9.17) is 14.6 Å². The second-order valence-electron chi connectivity index (χ2n) is 17.6. The van der Waals surface area contributed by atoms with Crippen LogP contribution in [0.25, 0.3) is 22.5 Å². The number of aryl methyl sites for hydroxylation is 1. The van der Waals surface area contributed by atoms with Crippen LogP contribution < -0.4 is 21.3 Å². The number of ether oxygens (including phenoxy) is 1. The molecule has 340 valence electrons. The quantitative estimate of drug-likeness (QED) is 0.0887. The number of carboxylic acid groups (broad SMARTS) is 2. The molecule has 7 rings (SSSR count). The monoisotopic (exact) mass is 880 g/mol. The third-order valence-electron chi connectivity index (χ3n) is 11.9. The van der Waals surface area contributed by atoms with Crippen molar-refractivity contribution < 1.29 is 43.7 Å². The van der Waals surface area contributed by atoms with Crippen LogP contribution in [-0.2, 0) is 25.5 Å². The van der Waals surface area contributed by atoms with Crippen LogP contribution in [0, 0.1) is 18.8 Å². The molecule has 3 aliphatic rings. The van der Waals surface area contributed by atoms with Crippen molar-refractivity contribution in [3.05, 3.63) is 77.6 Å². The number of carbonyl (C=O) groups excluding carboxylic acids is 4. The van der Waals surface area contributed by atoms with Gasteiger partial charge in [-0.05, 0) is 137 Å². The Kier molecular flexibility index (Phi) is 15.3. The number of fused-ring (bicyclic) bond motifs is 2. The molecule has 5 amide bonds. The number of nitrogens with one attached hydrogen (secondary N) is 5. The van der Waals surface area contributed by atoms with E-state index in [-0.39, 0.29) is 60.6 Å². The molecular formula is C45H56N10O9. The molecule has 3 fully saturated rings. The van der Waals surface area contributed by atoms with Crippen LogP contribution in [0.2, 0.25) is 0 Å². The number of aromatic amines is 1. The van der Waals surface area contributed by atoms with Gasteiger partial charge in [0.05, 0.1) is 0 Å². The van der Waals surface area contributed by atoms with Crippen molar-refractivity contribution in [1.29, 1.82) is 0 Å². The molecule has 4 heterocycles. The topological polar surface area (TPSA) is 271 Å². The maximum Gasteiger partial charge on any atom is 0.407 e. The van der Waals surface area contributed by atoms with Crippen LogP contribution in [-0.4, -0.2) is 113 Å². The Labute approximate surface area is 370 Å². The summed E-state index contributed by atoms with van der Waals surface area (Å²) in [5, 5.41) is 42.4. The van der Waals surface area contributed by atoms with Gasteiger partial charge in [0.25, 0.3) is 12.4 Å². The van der Waals surface area contributed by atoms with Crippen LogP contribution in [0.3, 0.4) is 0 Å². The number of hydrogen-bond donors (Lipinski definition) is 7. The number of nitrogens with zero attached hydrogens (tertiary/aromatic N) is 5. The molecule has 2 aromatic heterocycles. The highest BCUT2D eigenvalue weighted by Gasteiger charge is 2.44. The van der Waals surface area contributed by atoms with Gasteiger partial charge in [-0.2, -0.15) is 5.21 Å². The Hall–Kier alpha value is -6.92. The van der Waals surface area contributed by atoms with Crippen molar-refractivity contribution in [3.8, 4) is 22.5 Å². The summed E-state index contributed by atoms with van der Waals surface area (Å²) in [6, 6.07) is 15.4. The highest BCUT2D eigenvalue weighted by molar-refractivity contribution is 5.98. The van der Waals surface area contributed by atoms with Gasteiger partial charge in [0.2, 0.25) is 17.6 Å².